The summed E-state index contributed by atoms with van der Waals surface area (Å²) in [6.45, 7) is 2.96. The summed E-state index contributed by atoms with van der Waals surface area (Å²) in [5.41, 5.74) is 4.52. The molecular weight excluding hydrogens is 608 g/mol. The topological polar surface area (TPSA) is 108 Å². The van der Waals surface area contributed by atoms with Gasteiger partial charge in [-0.15, -0.1) is 0 Å². The first-order chi connectivity index (χ1) is 23.4. The molecule has 0 unspecified atom stereocenters. The van der Waals surface area contributed by atoms with Crippen LogP contribution in [-0.2, 0) is 43.2 Å². The first-order valence-corrected chi connectivity index (χ1v) is 16.5. The van der Waals surface area contributed by atoms with Crippen molar-refractivity contribution in [1.29, 1.82) is 0 Å². The molecule has 5 aromatic rings. The summed E-state index contributed by atoms with van der Waals surface area (Å²) in [5, 5.41) is 1.12. The fraction of sp³-hybridized carbons (Fsp3) is 0.342. The van der Waals surface area contributed by atoms with Crippen molar-refractivity contribution in [1.82, 2.24) is 19.0 Å². The lowest BCUT2D eigenvalue weighted by Crippen LogP contribution is -2.49. The Labute approximate surface area is 278 Å². The van der Waals surface area contributed by atoms with Crippen LogP contribution in [0.2, 0.25) is 0 Å². The van der Waals surface area contributed by atoms with Gasteiger partial charge in [-0.1, -0.05) is 85.8 Å². The molecule has 2 aliphatic rings. The number of ether oxygens (including phenoxy) is 3. The van der Waals surface area contributed by atoms with Crippen LogP contribution < -0.4 is 16.0 Å². The minimum absolute atomic E-state index is 0.151. The lowest BCUT2D eigenvalue weighted by Gasteiger charge is -2.42. The van der Waals surface area contributed by atoms with Crippen LogP contribution in [0.4, 0.5) is 4.79 Å². The summed E-state index contributed by atoms with van der Waals surface area (Å²) in [5.74, 6) is -0.443. The van der Waals surface area contributed by atoms with Crippen LogP contribution in [0.1, 0.15) is 59.7 Å². The Kier molecular flexibility index (Phi) is 8.66. The van der Waals surface area contributed by atoms with Gasteiger partial charge in [0.2, 0.25) is 12.2 Å². The maximum Gasteiger partial charge on any atom is 0.410 e. The van der Waals surface area contributed by atoms with Gasteiger partial charge in [0.05, 0.1) is 18.2 Å². The first kappa shape index (κ1) is 31.5. The summed E-state index contributed by atoms with van der Waals surface area (Å²) < 4.78 is 21.3. The van der Waals surface area contributed by atoms with E-state index in [0.29, 0.717) is 38.0 Å². The molecule has 7 rings (SSSR count). The number of hydrogen-bond acceptors (Lipinski definition) is 6. The largest absolute Gasteiger partial charge is 0.449 e. The van der Waals surface area contributed by atoms with Gasteiger partial charge in [0.15, 0.2) is 0 Å². The van der Waals surface area contributed by atoms with E-state index in [9.17, 15) is 14.4 Å². The zero-order valence-corrected chi connectivity index (χ0v) is 27.4. The lowest BCUT2D eigenvalue weighted by molar-refractivity contribution is -0.146. The van der Waals surface area contributed by atoms with Gasteiger partial charge in [-0.2, -0.15) is 0 Å². The molecule has 0 radical (unpaired) electrons. The third-order valence-corrected chi connectivity index (χ3v) is 9.91. The number of amides is 1. The molecular formula is C38H40N4O6. The van der Waals surface area contributed by atoms with Gasteiger partial charge < -0.3 is 19.2 Å². The molecule has 10 heteroatoms. The number of carbonyl (C=O) groups excluding carboxylic acids is 1. The summed E-state index contributed by atoms with van der Waals surface area (Å²) in [7, 11) is 3.10. The standard InChI is InChI=1S/C38H40N4O6/c1-4-26-29(32-34(43)40(2)37(44)41(3)35(32)48-36(26)46-22-24-13-7-5-8-14-24)21-31-33-28(27-17-11-12-18-30(27)39-33)19-20-42(31)38(45)47-23-25-15-9-6-10-16-25/h5-18,26,29,31,36,39H,4,19-23H2,1-3H3/t26-,29-,31+,36+/m0/s1. The first-order valence-electron chi connectivity index (χ1n) is 16.5. The number of para-hydroxylation sites is 1. The van der Waals surface area contributed by atoms with Crippen LogP contribution in [0.15, 0.2) is 94.5 Å². The average molecular weight is 649 g/mol. The highest BCUT2D eigenvalue weighted by Crippen LogP contribution is 2.47. The van der Waals surface area contributed by atoms with Crippen molar-refractivity contribution in [2.75, 3.05) is 6.54 Å². The molecule has 0 aliphatic carbocycles. The zero-order valence-electron chi connectivity index (χ0n) is 27.4. The van der Waals surface area contributed by atoms with Crippen molar-refractivity contribution in [2.24, 2.45) is 20.0 Å². The Morgan fingerprint density at radius 1 is 0.896 bits per heavy atom. The number of benzene rings is 3. The van der Waals surface area contributed by atoms with E-state index in [4.69, 9.17) is 14.2 Å². The van der Waals surface area contributed by atoms with E-state index in [1.807, 2.05) is 78.9 Å². The molecule has 0 bridgehead atoms. The number of aromatic nitrogens is 3. The second kappa shape index (κ2) is 13.2. The van der Waals surface area contributed by atoms with Crippen molar-refractivity contribution >= 4 is 17.0 Å². The van der Waals surface area contributed by atoms with Crippen LogP contribution in [-0.4, -0.2) is 37.9 Å². The van der Waals surface area contributed by atoms with Gasteiger partial charge in [0.1, 0.15) is 6.61 Å². The zero-order chi connectivity index (χ0) is 33.4. The average Bonchev–Trinajstić information content (AvgIpc) is 3.51. The minimum atomic E-state index is -0.727. The van der Waals surface area contributed by atoms with Crippen molar-refractivity contribution in [3.05, 3.63) is 134 Å². The van der Waals surface area contributed by atoms with Gasteiger partial charge in [0, 0.05) is 49.1 Å². The quantitative estimate of drug-likeness (QED) is 0.223. The summed E-state index contributed by atoms with van der Waals surface area (Å²) in [6.07, 6.45) is 0.554. The van der Waals surface area contributed by atoms with E-state index >= 15 is 0 Å². The number of nitrogens with zero attached hydrogens (tertiary/aromatic N) is 3. The Balaban J connectivity index is 1.30. The Morgan fingerprint density at radius 3 is 2.27 bits per heavy atom. The van der Waals surface area contributed by atoms with E-state index in [1.54, 1.807) is 11.9 Å². The van der Waals surface area contributed by atoms with Crippen molar-refractivity contribution in [3.8, 4) is 5.88 Å². The second-order valence-electron chi connectivity index (χ2n) is 12.7. The predicted octanol–water partition coefficient (Wildman–Crippen LogP) is 5.94. The molecule has 0 fully saturated rings. The molecule has 248 valence electrons. The SMILES string of the molecule is CC[C@@H]1[C@H](OCc2ccccc2)Oc2c(c(=O)n(C)c(=O)n2C)[C@H]1C[C@@H]1c2[nH]c3ccccc3c2CCN1C(=O)OCc1ccccc1. The molecule has 0 spiro atoms. The smallest absolute Gasteiger partial charge is 0.410 e. The highest BCUT2D eigenvalue weighted by Gasteiger charge is 2.45. The Morgan fingerprint density at radius 2 is 1.56 bits per heavy atom. The monoisotopic (exact) mass is 648 g/mol. The third-order valence-electron chi connectivity index (χ3n) is 9.91. The van der Waals surface area contributed by atoms with Crippen LogP contribution in [0.5, 0.6) is 5.88 Å². The summed E-state index contributed by atoms with van der Waals surface area (Å²) >= 11 is 0. The normalized spacial score (nSPS) is 20.2. The molecule has 0 saturated carbocycles. The van der Waals surface area contributed by atoms with Crippen molar-refractivity contribution < 1.29 is 19.0 Å². The number of hydrogen-bond donors (Lipinski definition) is 1. The van der Waals surface area contributed by atoms with E-state index in [-0.39, 0.29) is 18.4 Å². The van der Waals surface area contributed by atoms with Gasteiger partial charge >= 0.3 is 11.8 Å². The number of H-pyrrole nitrogens is 1. The van der Waals surface area contributed by atoms with Crippen LogP contribution in [0.3, 0.4) is 0 Å². The molecule has 1 amide bonds. The van der Waals surface area contributed by atoms with Crippen molar-refractivity contribution in [3.63, 3.8) is 0 Å². The minimum Gasteiger partial charge on any atom is -0.449 e. The fourth-order valence-electron chi connectivity index (χ4n) is 7.42. The maximum atomic E-state index is 14.0. The Bertz CT molecular complexity index is 2050. The van der Waals surface area contributed by atoms with Gasteiger partial charge in [-0.3, -0.25) is 18.8 Å². The van der Waals surface area contributed by atoms with E-state index < -0.39 is 35.6 Å². The number of aromatic amines is 1. The molecule has 1 N–H and O–H groups in total. The lowest BCUT2D eigenvalue weighted by atomic mass is 9.77. The number of fused-ring (bicyclic) bond motifs is 4. The van der Waals surface area contributed by atoms with Crippen LogP contribution in [0.25, 0.3) is 10.9 Å². The third kappa shape index (κ3) is 5.70. The highest BCUT2D eigenvalue weighted by atomic mass is 16.7. The molecule has 2 aromatic heterocycles. The van der Waals surface area contributed by atoms with Gasteiger partial charge in [0.25, 0.3) is 5.56 Å². The molecule has 4 atom stereocenters. The molecule has 4 heterocycles. The van der Waals surface area contributed by atoms with E-state index in [2.05, 4.69) is 18.0 Å². The van der Waals surface area contributed by atoms with Gasteiger partial charge in [-0.05, 0) is 42.0 Å². The Hall–Kier alpha value is -5.09. The van der Waals surface area contributed by atoms with Crippen LogP contribution >= 0.6 is 0 Å². The predicted molar refractivity (Wildman–Crippen MR) is 182 cm³/mol. The summed E-state index contributed by atoms with van der Waals surface area (Å²) in [6, 6.07) is 27.2. The highest BCUT2D eigenvalue weighted by molar-refractivity contribution is 5.85. The second-order valence-corrected chi connectivity index (χ2v) is 12.7. The van der Waals surface area contributed by atoms with Crippen molar-refractivity contribution in [2.45, 2.75) is 57.6 Å². The van der Waals surface area contributed by atoms with E-state index in [1.165, 1.54) is 11.6 Å². The molecule has 3 aromatic carbocycles. The van der Waals surface area contributed by atoms with Gasteiger partial charge in [-0.25, -0.2) is 9.59 Å². The van der Waals surface area contributed by atoms with Crippen LogP contribution in [0, 0.1) is 5.92 Å². The summed E-state index contributed by atoms with van der Waals surface area (Å²) in [4.78, 5) is 46.4. The number of rotatable bonds is 8. The molecule has 10 nitrogen and oxygen atoms in total. The number of carbonyl (C=O) groups is 1. The number of nitrogens with one attached hydrogen (secondary N) is 1. The molecule has 0 saturated heterocycles. The molecule has 48 heavy (non-hydrogen) atoms. The maximum absolute atomic E-state index is 14.0. The van der Waals surface area contributed by atoms with E-state index in [0.717, 1.165) is 37.9 Å². The fourth-order valence-corrected chi connectivity index (χ4v) is 7.42. The molecule has 2 aliphatic heterocycles.